The minimum atomic E-state index is -0.657. The number of fused-ring (bicyclic) bond motifs is 1. The molecule has 0 aliphatic carbocycles. The SMILES string of the molecule is Nc1cc(F)c(N)c2c1C(=O)CCO2. The molecule has 4 nitrogen and oxygen atoms in total. The van der Waals surface area contributed by atoms with Gasteiger partial charge in [-0.2, -0.15) is 0 Å². The molecule has 1 aromatic carbocycles. The Balaban J connectivity index is 2.72. The van der Waals surface area contributed by atoms with E-state index < -0.39 is 5.82 Å². The van der Waals surface area contributed by atoms with Crippen LogP contribution in [-0.2, 0) is 0 Å². The number of rotatable bonds is 0. The molecule has 0 atom stereocenters. The number of Topliss-reactive ketones (excluding diaryl/α,β-unsaturated/α-hetero) is 1. The predicted molar refractivity (Wildman–Crippen MR) is 49.7 cm³/mol. The first kappa shape index (κ1) is 8.80. The van der Waals surface area contributed by atoms with Crippen molar-refractivity contribution in [2.45, 2.75) is 6.42 Å². The van der Waals surface area contributed by atoms with Crippen molar-refractivity contribution in [3.05, 3.63) is 17.4 Å². The Morgan fingerprint density at radius 2 is 2.14 bits per heavy atom. The number of carbonyl (C=O) groups is 1. The highest BCUT2D eigenvalue weighted by molar-refractivity contribution is 6.05. The van der Waals surface area contributed by atoms with E-state index in [1.165, 1.54) is 0 Å². The average Bonchev–Trinajstić information content (AvgIpc) is 2.14. The van der Waals surface area contributed by atoms with Gasteiger partial charge in [-0.15, -0.1) is 0 Å². The molecule has 4 N–H and O–H groups in total. The number of nitrogens with two attached hydrogens (primary N) is 2. The van der Waals surface area contributed by atoms with Gasteiger partial charge in [0.25, 0.3) is 0 Å². The van der Waals surface area contributed by atoms with Crippen LogP contribution in [0.5, 0.6) is 5.75 Å². The van der Waals surface area contributed by atoms with E-state index in [2.05, 4.69) is 0 Å². The highest BCUT2D eigenvalue weighted by atomic mass is 19.1. The summed E-state index contributed by atoms with van der Waals surface area (Å²) in [6, 6.07) is 1.04. The quantitative estimate of drug-likeness (QED) is 0.605. The fourth-order valence-electron chi connectivity index (χ4n) is 1.47. The van der Waals surface area contributed by atoms with E-state index in [4.69, 9.17) is 16.2 Å². The molecular formula is C9H9FN2O2. The van der Waals surface area contributed by atoms with Crippen molar-refractivity contribution in [2.75, 3.05) is 18.1 Å². The number of ether oxygens (including phenoxy) is 1. The van der Waals surface area contributed by atoms with E-state index in [1.54, 1.807) is 0 Å². The average molecular weight is 196 g/mol. The first-order chi connectivity index (χ1) is 6.61. The molecule has 2 rings (SSSR count). The molecule has 1 aromatic rings. The fourth-order valence-corrected chi connectivity index (χ4v) is 1.47. The number of nitrogen functional groups attached to an aromatic ring is 2. The molecule has 0 saturated heterocycles. The normalized spacial score (nSPS) is 14.8. The number of carbonyl (C=O) groups excluding carboxylic acids is 1. The molecule has 0 unspecified atom stereocenters. The van der Waals surface area contributed by atoms with E-state index in [0.29, 0.717) is 0 Å². The molecule has 0 aromatic heterocycles. The maximum absolute atomic E-state index is 13.1. The summed E-state index contributed by atoms with van der Waals surface area (Å²) < 4.78 is 18.2. The summed E-state index contributed by atoms with van der Waals surface area (Å²) in [7, 11) is 0. The third-order valence-corrected chi connectivity index (χ3v) is 2.15. The number of anilines is 2. The second-order valence-corrected chi connectivity index (χ2v) is 3.09. The second kappa shape index (κ2) is 2.87. The Morgan fingerprint density at radius 3 is 2.86 bits per heavy atom. The molecule has 14 heavy (non-hydrogen) atoms. The predicted octanol–water partition coefficient (Wildman–Crippen LogP) is 0.955. The van der Waals surface area contributed by atoms with Crippen molar-refractivity contribution in [1.29, 1.82) is 0 Å². The van der Waals surface area contributed by atoms with Gasteiger partial charge in [-0.3, -0.25) is 4.79 Å². The third-order valence-electron chi connectivity index (χ3n) is 2.15. The Labute approximate surface area is 79.6 Å². The number of benzene rings is 1. The summed E-state index contributed by atoms with van der Waals surface area (Å²) in [5.41, 5.74) is 11.1. The molecule has 0 saturated carbocycles. The highest BCUT2D eigenvalue weighted by Gasteiger charge is 2.25. The van der Waals surface area contributed by atoms with Gasteiger partial charge in [0.05, 0.1) is 12.2 Å². The van der Waals surface area contributed by atoms with Crippen LogP contribution in [0.4, 0.5) is 15.8 Å². The van der Waals surface area contributed by atoms with Gasteiger partial charge >= 0.3 is 0 Å². The summed E-state index contributed by atoms with van der Waals surface area (Å²) in [4.78, 5) is 11.4. The van der Waals surface area contributed by atoms with Crippen LogP contribution in [0.3, 0.4) is 0 Å². The largest absolute Gasteiger partial charge is 0.490 e. The lowest BCUT2D eigenvalue weighted by atomic mass is 10.0. The summed E-state index contributed by atoms with van der Waals surface area (Å²) in [6.45, 7) is 0.221. The minimum absolute atomic E-state index is 0.0800. The van der Waals surface area contributed by atoms with Gasteiger partial charge in [-0.05, 0) is 6.07 Å². The maximum Gasteiger partial charge on any atom is 0.172 e. The molecule has 1 heterocycles. The summed E-state index contributed by atoms with van der Waals surface area (Å²) in [5, 5.41) is 0. The topological polar surface area (TPSA) is 78.3 Å². The van der Waals surface area contributed by atoms with Crippen molar-refractivity contribution in [2.24, 2.45) is 0 Å². The lowest BCUT2D eigenvalue weighted by Gasteiger charge is -2.19. The monoisotopic (exact) mass is 196 g/mol. The van der Waals surface area contributed by atoms with Crippen LogP contribution < -0.4 is 16.2 Å². The molecule has 0 bridgehead atoms. The molecule has 0 spiro atoms. The fraction of sp³-hybridized carbons (Fsp3) is 0.222. The van der Waals surface area contributed by atoms with Crippen LogP contribution in [0.15, 0.2) is 6.07 Å². The Kier molecular flexibility index (Phi) is 1.80. The second-order valence-electron chi connectivity index (χ2n) is 3.09. The van der Waals surface area contributed by atoms with E-state index in [0.717, 1.165) is 6.07 Å². The number of hydrogen-bond donors (Lipinski definition) is 2. The minimum Gasteiger partial charge on any atom is -0.490 e. The Bertz CT molecular complexity index is 418. The van der Waals surface area contributed by atoms with Crippen molar-refractivity contribution < 1.29 is 13.9 Å². The molecule has 0 fully saturated rings. The standard InChI is InChI=1S/C9H9FN2O2/c10-4-3-5(11)7-6(13)1-2-14-9(7)8(4)12/h3H,1-2,11-12H2. The number of hydrogen-bond acceptors (Lipinski definition) is 4. The van der Waals surface area contributed by atoms with Gasteiger partial charge in [-0.25, -0.2) is 4.39 Å². The zero-order valence-corrected chi connectivity index (χ0v) is 7.34. The molecule has 5 heteroatoms. The molecular weight excluding hydrogens is 187 g/mol. The van der Waals surface area contributed by atoms with E-state index >= 15 is 0 Å². The summed E-state index contributed by atoms with van der Waals surface area (Å²) >= 11 is 0. The van der Waals surface area contributed by atoms with Crippen molar-refractivity contribution >= 4 is 17.2 Å². The number of ketones is 1. The lowest BCUT2D eigenvalue weighted by molar-refractivity contribution is 0.0935. The van der Waals surface area contributed by atoms with Gasteiger partial charge in [0.2, 0.25) is 0 Å². The van der Waals surface area contributed by atoms with E-state index in [-0.39, 0.29) is 41.5 Å². The van der Waals surface area contributed by atoms with Gasteiger partial charge in [0.1, 0.15) is 5.69 Å². The van der Waals surface area contributed by atoms with Crippen LogP contribution in [-0.4, -0.2) is 12.4 Å². The van der Waals surface area contributed by atoms with Crippen LogP contribution in [0.25, 0.3) is 0 Å². The Hall–Kier alpha value is -1.78. The molecule has 1 aliphatic rings. The lowest BCUT2D eigenvalue weighted by Crippen LogP contribution is -2.19. The van der Waals surface area contributed by atoms with Gasteiger partial charge < -0.3 is 16.2 Å². The van der Waals surface area contributed by atoms with Gasteiger partial charge in [-0.1, -0.05) is 0 Å². The summed E-state index contributed by atoms with van der Waals surface area (Å²) in [6.07, 6.45) is 0.252. The first-order valence-electron chi connectivity index (χ1n) is 4.14. The summed E-state index contributed by atoms with van der Waals surface area (Å²) in [5.74, 6) is -0.731. The van der Waals surface area contributed by atoms with E-state index in [9.17, 15) is 9.18 Å². The zero-order valence-electron chi connectivity index (χ0n) is 7.34. The number of halogens is 1. The van der Waals surface area contributed by atoms with Crippen molar-refractivity contribution in [3.8, 4) is 5.75 Å². The van der Waals surface area contributed by atoms with Crippen LogP contribution in [0, 0.1) is 5.82 Å². The Morgan fingerprint density at radius 1 is 1.43 bits per heavy atom. The highest BCUT2D eigenvalue weighted by Crippen LogP contribution is 2.36. The maximum atomic E-state index is 13.1. The van der Waals surface area contributed by atoms with Crippen LogP contribution in [0.2, 0.25) is 0 Å². The van der Waals surface area contributed by atoms with Gasteiger partial charge in [0, 0.05) is 12.1 Å². The molecule has 0 radical (unpaired) electrons. The van der Waals surface area contributed by atoms with E-state index in [1.807, 2.05) is 0 Å². The molecule has 0 amide bonds. The van der Waals surface area contributed by atoms with Crippen molar-refractivity contribution in [3.63, 3.8) is 0 Å². The first-order valence-corrected chi connectivity index (χ1v) is 4.14. The third kappa shape index (κ3) is 1.09. The van der Waals surface area contributed by atoms with Crippen LogP contribution in [0.1, 0.15) is 16.8 Å². The van der Waals surface area contributed by atoms with Crippen molar-refractivity contribution in [1.82, 2.24) is 0 Å². The smallest absolute Gasteiger partial charge is 0.172 e. The van der Waals surface area contributed by atoms with Crippen LogP contribution >= 0.6 is 0 Å². The molecule has 1 aliphatic heterocycles. The zero-order chi connectivity index (χ0) is 10.3. The molecule has 74 valence electrons. The van der Waals surface area contributed by atoms with Gasteiger partial charge in [0.15, 0.2) is 17.3 Å².